The summed E-state index contributed by atoms with van der Waals surface area (Å²) in [6.07, 6.45) is 1.70. The van der Waals surface area contributed by atoms with E-state index < -0.39 is 0 Å². The van der Waals surface area contributed by atoms with Crippen LogP contribution < -0.4 is 11.2 Å². The smallest absolute Gasteiger partial charge is 0.184 e. The van der Waals surface area contributed by atoms with E-state index in [1.165, 1.54) is 0 Å². The Morgan fingerprint density at radius 3 is 2.70 bits per heavy atom. The fraction of sp³-hybridized carbons (Fsp3) is 0. The van der Waals surface area contributed by atoms with Crippen LogP contribution in [0.25, 0.3) is 0 Å². The quantitative estimate of drug-likeness (QED) is 0.351. The predicted molar refractivity (Wildman–Crippen MR) is 91.6 cm³/mol. The minimum atomic E-state index is 0.109. The summed E-state index contributed by atoms with van der Waals surface area (Å²) in [6.45, 7) is 0. The first-order chi connectivity index (χ1) is 9.58. The van der Waals surface area contributed by atoms with Crippen molar-refractivity contribution in [3.8, 4) is 0 Å². The Hall–Kier alpha value is -1.31. The van der Waals surface area contributed by atoms with Gasteiger partial charge in [-0.15, -0.1) is 0 Å². The van der Waals surface area contributed by atoms with Gasteiger partial charge < -0.3 is 5.73 Å². The van der Waals surface area contributed by atoms with Gasteiger partial charge in [0.2, 0.25) is 0 Å². The molecular formula is C13H10Br2N4S. The molecule has 2 rings (SSSR count). The summed E-state index contributed by atoms with van der Waals surface area (Å²) in [6, 6.07) is 11.5. The highest BCUT2D eigenvalue weighted by atomic mass is 79.9. The summed E-state index contributed by atoms with van der Waals surface area (Å²) in [4.78, 5) is 4.21. The Kier molecular flexibility index (Phi) is 5.22. The summed E-state index contributed by atoms with van der Waals surface area (Å²) < 4.78 is 1.65. The molecule has 2 aromatic rings. The summed E-state index contributed by atoms with van der Waals surface area (Å²) in [5, 5.41) is 4.38. The second-order valence-corrected chi connectivity index (χ2v) is 5.90. The van der Waals surface area contributed by atoms with Crippen molar-refractivity contribution in [3.05, 3.63) is 62.8 Å². The molecule has 0 unspecified atom stereocenters. The molecule has 0 fully saturated rings. The number of hydrogen-bond donors (Lipinski definition) is 2. The maximum Gasteiger partial charge on any atom is 0.184 e. The third kappa shape index (κ3) is 3.84. The van der Waals surface area contributed by atoms with Crippen molar-refractivity contribution in [2.24, 2.45) is 10.8 Å². The van der Waals surface area contributed by atoms with Gasteiger partial charge in [-0.3, -0.25) is 5.43 Å². The monoisotopic (exact) mass is 412 g/mol. The predicted octanol–water partition coefficient (Wildman–Crippen LogP) is 3.19. The van der Waals surface area contributed by atoms with Crippen LogP contribution in [-0.2, 0) is 0 Å². The third-order valence-electron chi connectivity index (χ3n) is 2.39. The number of hydrazone groups is 1. The average molecular weight is 414 g/mol. The number of nitrogens with two attached hydrogens (primary N) is 1. The van der Waals surface area contributed by atoms with Crippen LogP contribution in [0, 0.1) is 0 Å². The van der Waals surface area contributed by atoms with Crippen LogP contribution in [0.5, 0.6) is 0 Å². The molecule has 0 aliphatic carbocycles. The van der Waals surface area contributed by atoms with Gasteiger partial charge in [0.25, 0.3) is 0 Å². The zero-order chi connectivity index (χ0) is 14.5. The molecule has 0 atom stereocenters. The summed E-state index contributed by atoms with van der Waals surface area (Å²) >= 11 is 11.7. The molecule has 0 bridgehead atoms. The third-order valence-corrected chi connectivity index (χ3v) is 3.61. The second kappa shape index (κ2) is 6.92. The normalized spacial score (nSPS) is 11.2. The number of benzene rings is 1. The Morgan fingerprint density at radius 1 is 1.25 bits per heavy atom. The Labute approximate surface area is 138 Å². The fourth-order valence-corrected chi connectivity index (χ4v) is 2.47. The van der Waals surface area contributed by atoms with E-state index in [1.54, 1.807) is 6.20 Å². The van der Waals surface area contributed by atoms with Crippen LogP contribution in [0.2, 0.25) is 0 Å². The van der Waals surface area contributed by atoms with E-state index in [0.29, 0.717) is 10.3 Å². The maximum atomic E-state index is 5.44. The molecule has 0 spiro atoms. The van der Waals surface area contributed by atoms with Crippen molar-refractivity contribution in [3.63, 3.8) is 0 Å². The lowest BCUT2D eigenvalue weighted by atomic mass is 10.0. The minimum absolute atomic E-state index is 0.109. The molecule has 0 aliphatic rings. The number of hydrogen-bond acceptors (Lipinski definition) is 3. The first-order valence-corrected chi connectivity index (χ1v) is 7.57. The number of thiocarbonyl (C=S) groups is 1. The van der Waals surface area contributed by atoms with Crippen molar-refractivity contribution < 1.29 is 0 Å². The van der Waals surface area contributed by atoms with Gasteiger partial charge in [-0.2, -0.15) is 5.10 Å². The van der Waals surface area contributed by atoms with Crippen molar-refractivity contribution in [2.75, 3.05) is 0 Å². The maximum absolute atomic E-state index is 5.44. The number of halogens is 2. The number of nitrogens with zero attached hydrogens (tertiary/aromatic N) is 2. The van der Waals surface area contributed by atoms with Gasteiger partial charge >= 0.3 is 0 Å². The van der Waals surface area contributed by atoms with E-state index in [9.17, 15) is 0 Å². The van der Waals surface area contributed by atoms with Crippen LogP contribution in [0.3, 0.4) is 0 Å². The zero-order valence-corrected chi connectivity index (χ0v) is 14.2. The highest BCUT2D eigenvalue weighted by molar-refractivity contribution is 9.10. The highest BCUT2D eigenvalue weighted by Gasteiger charge is 2.12. The van der Waals surface area contributed by atoms with Gasteiger partial charge in [-0.25, -0.2) is 4.98 Å². The first kappa shape index (κ1) is 15.1. The topological polar surface area (TPSA) is 63.3 Å². The van der Waals surface area contributed by atoms with Gasteiger partial charge in [0, 0.05) is 21.8 Å². The zero-order valence-electron chi connectivity index (χ0n) is 10.2. The lowest BCUT2D eigenvalue weighted by Crippen LogP contribution is -2.26. The Bertz CT molecular complexity index is 673. The van der Waals surface area contributed by atoms with Gasteiger partial charge in [-0.05, 0) is 52.4 Å². The molecule has 102 valence electrons. The summed E-state index contributed by atoms with van der Waals surface area (Å²) in [7, 11) is 0. The largest absolute Gasteiger partial charge is 0.375 e. The Balaban J connectivity index is 2.54. The van der Waals surface area contributed by atoms with Gasteiger partial charge in [0.15, 0.2) is 5.11 Å². The first-order valence-electron chi connectivity index (χ1n) is 5.58. The van der Waals surface area contributed by atoms with E-state index in [4.69, 9.17) is 18.0 Å². The lowest BCUT2D eigenvalue weighted by molar-refractivity contribution is 1.03. The number of nitrogens with one attached hydrogen (secondary N) is 1. The molecule has 1 aromatic carbocycles. The average Bonchev–Trinajstić information content (AvgIpc) is 2.41. The van der Waals surface area contributed by atoms with Crippen LogP contribution >= 0.6 is 44.1 Å². The SMILES string of the molecule is NC(=S)N/N=C(/c1cccc(Br)c1)c1cccnc1Br. The van der Waals surface area contributed by atoms with Crippen LogP contribution in [0.15, 0.2) is 56.8 Å². The molecule has 1 heterocycles. The molecular weight excluding hydrogens is 404 g/mol. The molecule has 20 heavy (non-hydrogen) atoms. The van der Waals surface area contributed by atoms with E-state index in [-0.39, 0.29) is 5.11 Å². The van der Waals surface area contributed by atoms with Crippen LogP contribution in [-0.4, -0.2) is 15.8 Å². The van der Waals surface area contributed by atoms with Crippen molar-refractivity contribution in [2.45, 2.75) is 0 Å². The second-order valence-electron chi connectivity index (χ2n) is 3.79. The lowest BCUT2D eigenvalue weighted by Gasteiger charge is -2.09. The Morgan fingerprint density at radius 2 is 2.05 bits per heavy atom. The molecule has 0 aliphatic heterocycles. The number of rotatable bonds is 3. The van der Waals surface area contributed by atoms with E-state index in [2.05, 4.69) is 47.4 Å². The van der Waals surface area contributed by atoms with Crippen molar-refractivity contribution >= 4 is 54.9 Å². The van der Waals surface area contributed by atoms with E-state index in [1.807, 2.05) is 36.4 Å². The fourth-order valence-electron chi connectivity index (χ4n) is 1.59. The minimum Gasteiger partial charge on any atom is -0.375 e. The molecule has 0 radical (unpaired) electrons. The molecule has 0 amide bonds. The van der Waals surface area contributed by atoms with E-state index >= 15 is 0 Å². The molecule has 3 N–H and O–H groups in total. The molecule has 4 nitrogen and oxygen atoms in total. The van der Waals surface area contributed by atoms with Gasteiger partial charge in [-0.1, -0.05) is 28.1 Å². The summed E-state index contributed by atoms with van der Waals surface area (Å²) in [5.74, 6) is 0. The molecule has 1 aromatic heterocycles. The van der Waals surface area contributed by atoms with Crippen LogP contribution in [0.4, 0.5) is 0 Å². The highest BCUT2D eigenvalue weighted by Crippen LogP contribution is 2.20. The van der Waals surface area contributed by atoms with E-state index in [0.717, 1.165) is 15.6 Å². The van der Waals surface area contributed by atoms with Crippen molar-refractivity contribution in [1.29, 1.82) is 0 Å². The van der Waals surface area contributed by atoms with Gasteiger partial charge in [0.05, 0.1) is 0 Å². The summed E-state index contributed by atoms with van der Waals surface area (Å²) in [5.41, 5.74) is 10.5. The number of aromatic nitrogens is 1. The number of pyridine rings is 1. The standard InChI is InChI=1S/C13H10Br2N4S/c14-9-4-1-3-8(7-9)11(18-19-13(16)20)10-5-2-6-17-12(10)15/h1-7H,(H3,16,19,20)/b18-11-. The molecule has 0 saturated heterocycles. The molecule has 7 heteroatoms. The van der Waals surface area contributed by atoms with Crippen LogP contribution in [0.1, 0.15) is 11.1 Å². The van der Waals surface area contributed by atoms with Crippen molar-refractivity contribution in [1.82, 2.24) is 10.4 Å². The molecule has 0 saturated carbocycles. The van der Waals surface area contributed by atoms with Gasteiger partial charge in [0.1, 0.15) is 10.3 Å².